The quantitative estimate of drug-likeness (QED) is 0.769. The standard InChI is InChI=1S/C22H34N6O2/c1-15(2)25(6)17-11-20(29)28(23-13-17)16-9-8-10-27(14-16)21(30)18-12-19(22(3,4)5)24-26(18)7/h11-13,15-16H,8-10,14H2,1-7H3/t16-/m0/s1. The molecule has 3 heterocycles. The molecule has 0 aromatic carbocycles. The molecule has 164 valence electrons. The normalized spacial score (nSPS) is 17.5. The summed E-state index contributed by atoms with van der Waals surface area (Å²) in [5.41, 5.74) is 2.02. The highest BCUT2D eigenvalue weighted by Gasteiger charge is 2.30. The second kappa shape index (κ2) is 8.24. The maximum atomic E-state index is 13.2. The number of aryl methyl sites for hydroxylation is 1. The van der Waals surface area contributed by atoms with Gasteiger partial charge in [-0.15, -0.1) is 0 Å². The zero-order valence-corrected chi connectivity index (χ0v) is 19.2. The minimum Gasteiger partial charge on any atom is -0.371 e. The Morgan fingerprint density at radius 1 is 1.27 bits per heavy atom. The number of nitrogens with zero attached hydrogens (tertiary/aromatic N) is 6. The van der Waals surface area contributed by atoms with Crippen molar-refractivity contribution in [3.05, 3.63) is 40.1 Å². The highest BCUT2D eigenvalue weighted by molar-refractivity contribution is 5.92. The number of carbonyl (C=O) groups is 1. The van der Waals surface area contributed by atoms with Crippen LogP contribution in [0.3, 0.4) is 0 Å². The fourth-order valence-corrected chi connectivity index (χ4v) is 3.71. The Bertz CT molecular complexity index is 969. The van der Waals surface area contributed by atoms with E-state index >= 15 is 0 Å². The van der Waals surface area contributed by atoms with Gasteiger partial charge in [-0.1, -0.05) is 20.8 Å². The third-order valence-corrected chi connectivity index (χ3v) is 5.89. The topological polar surface area (TPSA) is 76.3 Å². The lowest BCUT2D eigenvalue weighted by atomic mass is 9.92. The molecular weight excluding hydrogens is 380 g/mol. The van der Waals surface area contributed by atoms with Crippen molar-refractivity contribution in [2.45, 2.75) is 65.0 Å². The van der Waals surface area contributed by atoms with E-state index < -0.39 is 0 Å². The molecule has 0 N–H and O–H groups in total. The highest BCUT2D eigenvalue weighted by atomic mass is 16.2. The number of amides is 1. The summed E-state index contributed by atoms with van der Waals surface area (Å²) in [6, 6.07) is 3.67. The molecule has 30 heavy (non-hydrogen) atoms. The van der Waals surface area contributed by atoms with E-state index in [0.717, 1.165) is 24.2 Å². The molecule has 0 aliphatic carbocycles. The number of hydrogen-bond donors (Lipinski definition) is 0. The predicted molar refractivity (Wildman–Crippen MR) is 118 cm³/mol. The first-order chi connectivity index (χ1) is 14.0. The zero-order chi connectivity index (χ0) is 22.2. The Morgan fingerprint density at radius 3 is 2.53 bits per heavy atom. The lowest BCUT2D eigenvalue weighted by Gasteiger charge is -2.33. The molecule has 0 saturated carbocycles. The van der Waals surface area contributed by atoms with Crippen LogP contribution in [-0.4, -0.2) is 56.5 Å². The fourth-order valence-electron chi connectivity index (χ4n) is 3.71. The molecular formula is C22H34N6O2. The van der Waals surface area contributed by atoms with Crippen LogP contribution in [0.1, 0.15) is 69.7 Å². The number of rotatable bonds is 4. The van der Waals surface area contributed by atoms with Gasteiger partial charge in [0.2, 0.25) is 0 Å². The lowest BCUT2D eigenvalue weighted by molar-refractivity contribution is 0.0659. The summed E-state index contributed by atoms with van der Waals surface area (Å²) in [5.74, 6) is -0.0468. The molecule has 8 heteroatoms. The fraction of sp³-hybridized carbons (Fsp3) is 0.636. The summed E-state index contributed by atoms with van der Waals surface area (Å²) in [7, 11) is 3.76. The SMILES string of the molecule is CC(C)N(C)c1cnn([C@H]2CCCN(C(=O)c3cc(C(C)(C)C)nn3C)C2)c(=O)c1. The number of piperidine rings is 1. The van der Waals surface area contributed by atoms with Gasteiger partial charge in [-0.05, 0) is 32.8 Å². The molecule has 0 unspecified atom stereocenters. The number of carbonyl (C=O) groups excluding carboxylic acids is 1. The van der Waals surface area contributed by atoms with E-state index in [-0.39, 0.29) is 29.0 Å². The Kier molecular flexibility index (Phi) is 6.06. The smallest absolute Gasteiger partial charge is 0.272 e. The van der Waals surface area contributed by atoms with Crippen molar-refractivity contribution in [3.8, 4) is 0 Å². The van der Waals surface area contributed by atoms with Crippen LogP contribution in [0.15, 0.2) is 23.1 Å². The first-order valence-electron chi connectivity index (χ1n) is 10.6. The van der Waals surface area contributed by atoms with Gasteiger partial charge in [-0.3, -0.25) is 14.3 Å². The number of likely N-dealkylation sites (tertiary alicyclic amines) is 1. The van der Waals surface area contributed by atoms with Gasteiger partial charge in [0.25, 0.3) is 11.5 Å². The van der Waals surface area contributed by atoms with E-state index in [1.165, 1.54) is 4.68 Å². The third-order valence-electron chi connectivity index (χ3n) is 5.89. The molecule has 0 radical (unpaired) electrons. The minimum absolute atomic E-state index is 0.0468. The van der Waals surface area contributed by atoms with E-state index in [4.69, 9.17) is 0 Å². The van der Waals surface area contributed by atoms with E-state index in [0.29, 0.717) is 18.8 Å². The van der Waals surface area contributed by atoms with Crippen molar-refractivity contribution in [2.75, 3.05) is 25.0 Å². The molecule has 0 spiro atoms. The second-order valence-electron chi connectivity index (χ2n) is 9.54. The van der Waals surface area contributed by atoms with Crippen LogP contribution >= 0.6 is 0 Å². The molecule has 1 aliphatic rings. The van der Waals surface area contributed by atoms with Gasteiger partial charge in [-0.2, -0.15) is 10.2 Å². The molecule has 1 fully saturated rings. The van der Waals surface area contributed by atoms with Crippen LogP contribution in [0.25, 0.3) is 0 Å². The molecule has 1 saturated heterocycles. The largest absolute Gasteiger partial charge is 0.371 e. The van der Waals surface area contributed by atoms with Crippen LogP contribution in [0.5, 0.6) is 0 Å². The maximum Gasteiger partial charge on any atom is 0.272 e. The third kappa shape index (κ3) is 4.42. The van der Waals surface area contributed by atoms with Gasteiger partial charge >= 0.3 is 0 Å². The van der Waals surface area contributed by atoms with E-state index in [9.17, 15) is 9.59 Å². The molecule has 1 atom stereocenters. The second-order valence-corrected chi connectivity index (χ2v) is 9.54. The summed E-state index contributed by atoms with van der Waals surface area (Å²) in [6.07, 6.45) is 3.40. The summed E-state index contributed by atoms with van der Waals surface area (Å²) in [6.45, 7) is 11.5. The van der Waals surface area contributed by atoms with Gasteiger partial charge in [0.05, 0.1) is 23.6 Å². The summed E-state index contributed by atoms with van der Waals surface area (Å²) in [5, 5.41) is 8.96. The van der Waals surface area contributed by atoms with Gasteiger partial charge in [0.15, 0.2) is 0 Å². The van der Waals surface area contributed by atoms with Crippen molar-refractivity contribution in [3.63, 3.8) is 0 Å². The Hall–Kier alpha value is -2.64. The number of aromatic nitrogens is 4. The summed E-state index contributed by atoms with van der Waals surface area (Å²) < 4.78 is 3.19. The van der Waals surface area contributed by atoms with Crippen LogP contribution < -0.4 is 10.5 Å². The van der Waals surface area contributed by atoms with Crippen molar-refractivity contribution >= 4 is 11.6 Å². The molecule has 0 bridgehead atoms. The van der Waals surface area contributed by atoms with Crippen molar-refractivity contribution < 1.29 is 4.79 Å². The summed E-state index contributed by atoms with van der Waals surface area (Å²) >= 11 is 0. The average molecular weight is 415 g/mol. The summed E-state index contributed by atoms with van der Waals surface area (Å²) in [4.78, 5) is 29.8. The average Bonchev–Trinajstić information content (AvgIpc) is 3.08. The van der Waals surface area contributed by atoms with Gasteiger partial charge in [0.1, 0.15) is 5.69 Å². The number of anilines is 1. The van der Waals surface area contributed by atoms with Crippen molar-refractivity contribution in [1.82, 2.24) is 24.5 Å². The van der Waals surface area contributed by atoms with Crippen LogP contribution in [0.2, 0.25) is 0 Å². The Labute approximate surface area is 178 Å². The van der Waals surface area contributed by atoms with Crippen molar-refractivity contribution in [2.24, 2.45) is 7.05 Å². The monoisotopic (exact) mass is 414 g/mol. The highest BCUT2D eigenvalue weighted by Crippen LogP contribution is 2.25. The number of hydrogen-bond acceptors (Lipinski definition) is 5. The van der Waals surface area contributed by atoms with Gasteiger partial charge in [-0.25, -0.2) is 4.68 Å². The van der Waals surface area contributed by atoms with E-state index in [2.05, 4.69) is 44.8 Å². The van der Waals surface area contributed by atoms with Crippen molar-refractivity contribution in [1.29, 1.82) is 0 Å². The Balaban J connectivity index is 1.80. The molecule has 2 aromatic heterocycles. The molecule has 1 aliphatic heterocycles. The van der Waals surface area contributed by atoms with Gasteiger partial charge < -0.3 is 9.80 Å². The zero-order valence-electron chi connectivity index (χ0n) is 19.2. The van der Waals surface area contributed by atoms with Gasteiger partial charge in [0, 0.05) is 44.7 Å². The van der Waals surface area contributed by atoms with Crippen LogP contribution in [-0.2, 0) is 12.5 Å². The lowest BCUT2D eigenvalue weighted by Crippen LogP contribution is -2.44. The van der Waals surface area contributed by atoms with E-state index in [1.807, 2.05) is 22.9 Å². The maximum absolute atomic E-state index is 13.2. The first kappa shape index (κ1) is 22.1. The molecule has 2 aromatic rings. The van der Waals surface area contributed by atoms with Crippen LogP contribution in [0.4, 0.5) is 5.69 Å². The molecule has 3 rings (SSSR count). The van der Waals surface area contributed by atoms with E-state index in [1.54, 1.807) is 24.0 Å². The molecule has 8 nitrogen and oxygen atoms in total. The first-order valence-corrected chi connectivity index (χ1v) is 10.6. The minimum atomic E-state index is -0.130. The Morgan fingerprint density at radius 2 is 1.97 bits per heavy atom. The van der Waals surface area contributed by atoms with Crippen LogP contribution in [0, 0.1) is 0 Å². The molecule has 1 amide bonds. The predicted octanol–water partition coefficient (Wildman–Crippen LogP) is 2.60.